The summed E-state index contributed by atoms with van der Waals surface area (Å²) in [6.07, 6.45) is 0.786. The van der Waals surface area contributed by atoms with E-state index >= 15 is 0 Å². The second kappa shape index (κ2) is 6.05. The van der Waals surface area contributed by atoms with Gasteiger partial charge in [-0.15, -0.1) is 0 Å². The third-order valence-electron chi connectivity index (χ3n) is 2.66. The summed E-state index contributed by atoms with van der Waals surface area (Å²) in [6.45, 7) is 3.71. The van der Waals surface area contributed by atoms with Crippen molar-refractivity contribution in [3.05, 3.63) is 0 Å². The summed E-state index contributed by atoms with van der Waals surface area (Å²) in [6, 6.07) is -0.0231. The minimum Gasteiger partial charge on any atom is -0.382 e. The highest BCUT2D eigenvalue weighted by molar-refractivity contribution is 5.83. The first-order valence-corrected chi connectivity index (χ1v) is 5.26. The molecule has 1 saturated heterocycles. The number of carbonyl (C=O) groups excluding carboxylic acids is 1. The van der Waals surface area contributed by atoms with E-state index in [1.807, 2.05) is 6.92 Å². The SMILES string of the molecule is CCC1NCN(CC(COC)OC)C1=O. The summed E-state index contributed by atoms with van der Waals surface area (Å²) in [5.74, 6) is 0.163. The van der Waals surface area contributed by atoms with E-state index in [2.05, 4.69) is 5.32 Å². The molecule has 2 atom stereocenters. The molecule has 1 fully saturated rings. The van der Waals surface area contributed by atoms with E-state index in [1.54, 1.807) is 19.1 Å². The molecule has 0 spiro atoms. The summed E-state index contributed by atoms with van der Waals surface area (Å²) in [5, 5.41) is 3.16. The van der Waals surface area contributed by atoms with Crippen molar-refractivity contribution in [3.8, 4) is 0 Å². The van der Waals surface area contributed by atoms with Gasteiger partial charge in [-0.25, -0.2) is 0 Å². The maximum Gasteiger partial charge on any atom is 0.240 e. The van der Waals surface area contributed by atoms with Crippen LogP contribution in [0, 0.1) is 0 Å². The Morgan fingerprint density at radius 3 is 2.80 bits per heavy atom. The fourth-order valence-corrected chi connectivity index (χ4v) is 1.71. The molecule has 0 aromatic carbocycles. The second-order valence-corrected chi connectivity index (χ2v) is 3.70. The predicted molar refractivity (Wildman–Crippen MR) is 56.5 cm³/mol. The number of rotatable bonds is 6. The van der Waals surface area contributed by atoms with E-state index in [1.165, 1.54) is 0 Å². The average Bonchev–Trinajstić information content (AvgIpc) is 2.59. The fraction of sp³-hybridized carbons (Fsp3) is 0.900. The van der Waals surface area contributed by atoms with Crippen molar-refractivity contribution in [1.29, 1.82) is 0 Å². The minimum atomic E-state index is -0.0450. The van der Waals surface area contributed by atoms with Gasteiger partial charge in [0.05, 0.1) is 32.0 Å². The molecule has 0 aromatic heterocycles. The van der Waals surface area contributed by atoms with Gasteiger partial charge in [-0.05, 0) is 6.42 Å². The summed E-state index contributed by atoms with van der Waals surface area (Å²) in [4.78, 5) is 13.5. The highest BCUT2D eigenvalue weighted by atomic mass is 16.5. The third kappa shape index (κ3) is 3.15. The zero-order valence-electron chi connectivity index (χ0n) is 9.66. The van der Waals surface area contributed by atoms with Crippen LogP contribution in [0.3, 0.4) is 0 Å². The Kier molecular flexibility index (Phi) is 5.01. The molecule has 0 aromatic rings. The van der Waals surface area contributed by atoms with Gasteiger partial charge in [0.2, 0.25) is 5.91 Å². The first-order chi connectivity index (χ1) is 7.22. The molecular weight excluding hydrogens is 196 g/mol. The highest BCUT2D eigenvalue weighted by Gasteiger charge is 2.30. The van der Waals surface area contributed by atoms with Crippen LogP contribution >= 0.6 is 0 Å². The molecule has 0 bridgehead atoms. The summed E-state index contributed by atoms with van der Waals surface area (Å²) in [5.41, 5.74) is 0. The van der Waals surface area contributed by atoms with Crippen LogP contribution in [-0.2, 0) is 14.3 Å². The van der Waals surface area contributed by atoms with Crippen LogP contribution in [0.25, 0.3) is 0 Å². The Balaban J connectivity index is 2.41. The zero-order valence-corrected chi connectivity index (χ0v) is 9.66. The molecule has 15 heavy (non-hydrogen) atoms. The van der Waals surface area contributed by atoms with Gasteiger partial charge in [0.25, 0.3) is 0 Å². The quantitative estimate of drug-likeness (QED) is 0.669. The maximum absolute atomic E-state index is 11.8. The maximum atomic E-state index is 11.8. The predicted octanol–water partition coefficient (Wildman–Crippen LogP) is -0.184. The van der Waals surface area contributed by atoms with Crippen LogP contribution in [0.2, 0.25) is 0 Å². The zero-order chi connectivity index (χ0) is 11.3. The number of amides is 1. The van der Waals surface area contributed by atoms with Crippen molar-refractivity contribution in [2.75, 3.05) is 34.0 Å². The Morgan fingerprint density at radius 1 is 1.60 bits per heavy atom. The lowest BCUT2D eigenvalue weighted by molar-refractivity contribution is -0.130. The van der Waals surface area contributed by atoms with E-state index in [0.29, 0.717) is 19.8 Å². The Morgan fingerprint density at radius 2 is 2.33 bits per heavy atom. The van der Waals surface area contributed by atoms with E-state index in [0.717, 1.165) is 6.42 Å². The van der Waals surface area contributed by atoms with Gasteiger partial charge in [0, 0.05) is 14.2 Å². The van der Waals surface area contributed by atoms with Gasteiger partial charge >= 0.3 is 0 Å². The van der Waals surface area contributed by atoms with Crippen LogP contribution in [0.5, 0.6) is 0 Å². The van der Waals surface area contributed by atoms with Crippen LogP contribution < -0.4 is 5.32 Å². The minimum absolute atomic E-state index is 0.0231. The smallest absolute Gasteiger partial charge is 0.240 e. The van der Waals surface area contributed by atoms with Crippen molar-refractivity contribution in [3.63, 3.8) is 0 Å². The van der Waals surface area contributed by atoms with Crippen LogP contribution in [0.15, 0.2) is 0 Å². The van der Waals surface area contributed by atoms with Gasteiger partial charge in [-0.2, -0.15) is 0 Å². The van der Waals surface area contributed by atoms with E-state index in [-0.39, 0.29) is 18.1 Å². The van der Waals surface area contributed by atoms with Crippen molar-refractivity contribution in [2.24, 2.45) is 0 Å². The molecule has 1 aliphatic rings. The largest absolute Gasteiger partial charge is 0.382 e. The first kappa shape index (κ1) is 12.4. The van der Waals surface area contributed by atoms with Crippen molar-refractivity contribution >= 4 is 5.91 Å². The normalized spacial score (nSPS) is 23.5. The highest BCUT2D eigenvalue weighted by Crippen LogP contribution is 2.08. The Labute approximate surface area is 90.7 Å². The Bertz CT molecular complexity index is 211. The molecule has 0 radical (unpaired) electrons. The number of nitrogens with one attached hydrogen (secondary N) is 1. The Hall–Kier alpha value is -0.650. The molecule has 0 aliphatic carbocycles. The van der Waals surface area contributed by atoms with Gasteiger partial charge in [-0.3, -0.25) is 10.1 Å². The van der Waals surface area contributed by atoms with Crippen LogP contribution in [0.4, 0.5) is 0 Å². The molecule has 5 nitrogen and oxygen atoms in total. The molecule has 2 unspecified atom stereocenters. The van der Waals surface area contributed by atoms with Crippen molar-refractivity contribution in [1.82, 2.24) is 10.2 Å². The van der Waals surface area contributed by atoms with Gasteiger partial charge < -0.3 is 14.4 Å². The molecule has 1 N–H and O–H groups in total. The molecule has 1 heterocycles. The van der Waals surface area contributed by atoms with Crippen LogP contribution in [0.1, 0.15) is 13.3 Å². The molecule has 1 aliphatic heterocycles. The number of nitrogens with zero attached hydrogens (tertiary/aromatic N) is 1. The number of hydrogen-bond donors (Lipinski definition) is 1. The van der Waals surface area contributed by atoms with E-state index < -0.39 is 0 Å². The number of ether oxygens (including phenoxy) is 2. The summed E-state index contributed by atoms with van der Waals surface area (Å²) < 4.78 is 10.2. The number of carbonyl (C=O) groups is 1. The molecule has 0 saturated carbocycles. The van der Waals surface area contributed by atoms with Gasteiger partial charge in [-0.1, -0.05) is 6.92 Å². The summed E-state index contributed by atoms with van der Waals surface area (Å²) >= 11 is 0. The lowest BCUT2D eigenvalue weighted by atomic mass is 10.2. The lowest BCUT2D eigenvalue weighted by Crippen LogP contribution is -2.38. The van der Waals surface area contributed by atoms with Gasteiger partial charge in [0.15, 0.2) is 0 Å². The van der Waals surface area contributed by atoms with Gasteiger partial charge in [0.1, 0.15) is 0 Å². The fourth-order valence-electron chi connectivity index (χ4n) is 1.71. The van der Waals surface area contributed by atoms with Crippen LogP contribution in [-0.4, -0.2) is 57.0 Å². The second-order valence-electron chi connectivity index (χ2n) is 3.70. The topological polar surface area (TPSA) is 50.8 Å². The average molecular weight is 216 g/mol. The van der Waals surface area contributed by atoms with Crippen molar-refractivity contribution in [2.45, 2.75) is 25.5 Å². The third-order valence-corrected chi connectivity index (χ3v) is 2.66. The molecule has 1 rings (SSSR count). The summed E-state index contributed by atoms with van der Waals surface area (Å²) in [7, 11) is 3.26. The lowest BCUT2D eigenvalue weighted by Gasteiger charge is -2.21. The van der Waals surface area contributed by atoms with E-state index in [9.17, 15) is 4.79 Å². The standard InChI is InChI=1S/C10H20N2O3/c1-4-9-10(13)12(7-11-9)5-8(15-3)6-14-2/h8-9,11H,4-7H2,1-3H3. The first-order valence-electron chi connectivity index (χ1n) is 5.26. The molecule has 5 heteroatoms. The molecule has 1 amide bonds. The molecule has 88 valence electrons. The van der Waals surface area contributed by atoms with E-state index in [4.69, 9.17) is 9.47 Å². The monoisotopic (exact) mass is 216 g/mol. The number of methoxy groups -OCH3 is 2. The molecular formula is C10H20N2O3. The number of hydrogen-bond acceptors (Lipinski definition) is 4. The van der Waals surface area contributed by atoms with Crippen molar-refractivity contribution < 1.29 is 14.3 Å².